The Bertz CT molecular complexity index is 1080. The van der Waals surface area contributed by atoms with E-state index in [0.717, 1.165) is 17.4 Å². The molecule has 4 aromatic rings. The third-order valence-corrected chi connectivity index (χ3v) is 4.69. The summed E-state index contributed by atoms with van der Waals surface area (Å²) >= 11 is 5.64. The van der Waals surface area contributed by atoms with Crippen LogP contribution in [-0.2, 0) is 6.54 Å². The summed E-state index contributed by atoms with van der Waals surface area (Å²) in [6.45, 7) is 2.84. The highest BCUT2D eigenvalue weighted by Crippen LogP contribution is 2.25. The molecule has 0 N–H and O–H groups in total. The van der Waals surface area contributed by atoms with Gasteiger partial charge in [-0.05, 0) is 58.6 Å². The van der Waals surface area contributed by atoms with Crippen molar-refractivity contribution in [1.29, 1.82) is 0 Å². The molecule has 3 heteroatoms. The molecule has 1 heterocycles. The van der Waals surface area contributed by atoms with Crippen LogP contribution in [0.2, 0.25) is 0 Å². The maximum Gasteiger partial charge on any atom is 0.252 e. The Morgan fingerprint density at radius 2 is 1.79 bits per heavy atom. The molecule has 0 bridgehead atoms. The summed E-state index contributed by atoms with van der Waals surface area (Å²) in [6, 6.07) is 20.5. The molecular weight excluding hydrogens is 318 g/mol. The molecule has 2 nitrogen and oxygen atoms in total. The number of fused-ring (bicyclic) bond motifs is 2. The van der Waals surface area contributed by atoms with E-state index in [4.69, 9.17) is 11.6 Å². The Hall–Kier alpha value is -2.58. The lowest BCUT2D eigenvalue weighted by molar-refractivity contribution is 0.108. The SMILES string of the molecule is Cc1cn(Cc2ccc3ccccc3c2)c2cc(C(=O)Cl)ccc12. The molecule has 24 heavy (non-hydrogen) atoms. The van der Waals surface area contributed by atoms with Crippen LogP contribution in [-0.4, -0.2) is 9.81 Å². The number of rotatable bonds is 3. The number of aryl methyl sites for hydroxylation is 1. The Balaban J connectivity index is 1.80. The van der Waals surface area contributed by atoms with E-state index >= 15 is 0 Å². The quantitative estimate of drug-likeness (QED) is 0.452. The first-order valence-electron chi connectivity index (χ1n) is 7.89. The Kier molecular flexibility index (Phi) is 3.62. The third-order valence-electron chi connectivity index (χ3n) is 4.48. The van der Waals surface area contributed by atoms with Gasteiger partial charge >= 0.3 is 0 Å². The Morgan fingerprint density at radius 1 is 1.00 bits per heavy atom. The average Bonchev–Trinajstić information content (AvgIpc) is 2.90. The zero-order valence-electron chi connectivity index (χ0n) is 13.3. The van der Waals surface area contributed by atoms with Gasteiger partial charge in [0.25, 0.3) is 5.24 Å². The van der Waals surface area contributed by atoms with Gasteiger partial charge in [-0.25, -0.2) is 0 Å². The molecule has 0 unspecified atom stereocenters. The number of carbonyl (C=O) groups excluding carboxylic acids is 1. The molecule has 118 valence electrons. The topological polar surface area (TPSA) is 22.0 Å². The highest BCUT2D eigenvalue weighted by atomic mass is 35.5. The lowest BCUT2D eigenvalue weighted by Crippen LogP contribution is -1.99. The van der Waals surface area contributed by atoms with Crippen molar-refractivity contribution < 1.29 is 4.79 Å². The highest BCUT2D eigenvalue weighted by molar-refractivity contribution is 6.67. The normalized spacial score (nSPS) is 11.2. The van der Waals surface area contributed by atoms with Crippen LogP contribution in [0, 0.1) is 6.92 Å². The van der Waals surface area contributed by atoms with Crippen molar-refractivity contribution in [3.63, 3.8) is 0 Å². The predicted molar refractivity (Wildman–Crippen MR) is 99.9 cm³/mol. The molecule has 0 aliphatic carbocycles. The molecule has 0 saturated carbocycles. The van der Waals surface area contributed by atoms with E-state index in [9.17, 15) is 4.79 Å². The number of halogens is 1. The van der Waals surface area contributed by atoms with E-state index in [1.807, 2.05) is 12.1 Å². The van der Waals surface area contributed by atoms with Crippen molar-refractivity contribution in [3.05, 3.63) is 83.6 Å². The van der Waals surface area contributed by atoms with Gasteiger partial charge in [0.15, 0.2) is 0 Å². The minimum atomic E-state index is -0.423. The fourth-order valence-electron chi connectivity index (χ4n) is 3.26. The van der Waals surface area contributed by atoms with Gasteiger partial charge in [0.1, 0.15) is 0 Å². The van der Waals surface area contributed by atoms with Crippen molar-refractivity contribution in [2.75, 3.05) is 0 Å². The molecule has 4 rings (SSSR count). The first-order valence-corrected chi connectivity index (χ1v) is 8.26. The molecule has 3 aromatic carbocycles. The molecule has 0 saturated heterocycles. The number of nitrogens with zero attached hydrogens (tertiary/aromatic N) is 1. The molecule has 0 aliphatic rings. The lowest BCUT2D eigenvalue weighted by Gasteiger charge is -2.08. The fraction of sp³-hybridized carbons (Fsp3) is 0.0952. The second-order valence-electron chi connectivity index (χ2n) is 6.13. The predicted octanol–water partition coefficient (Wildman–Crippen LogP) is 5.53. The van der Waals surface area contributed by atoms with E-state index in [1.165, 1.54) is 21.9 Å². The maximum absolute atomic E-state index is 11.5. The molecule has 0 spiro atoms. The molecule has 0 amide bonds. The van der Waals surface area contributed by atoms with Gasteiger partial charge < -0.3 is 4.57 Å². The van der Waals surface area contributed by atoms with Crippen LogP contribution < -0.4 is 0 Å². The summed E-state index contributed by atoms with van der Waals surface area (Å²) in [5, 5.41) is 3.20. The van der Waals surface area contributed by atoms with Crippen LogP contribution >= 0.6 is 11.6 Å². The summed E-state index contributed by atoms with van der Waals surface area (Å²) < 4.78 is 2.18. The summed E-state index contributed by atoms with van der Waals surface area (Å²) in [5.41, 5.74) is 3.99. The number of hydrogen-bond donors (Lipinski definition) is 0. The van der Waals surface area contributed by atoms with Gasteiger partial charge in [-0.15, -0.1) is 0 Å². The summed E-state index contributed by atoms with van der Waals surface area (Å²) in [7, 11) is 0. The van der Waals surface area contributed by atoms with Crippen molar-refractivity contribution in [1.82, 2.24) is 4.57 Å². The van der Waals surface area contributed by atoms with Crippen molar-refractivity contribution in [2.45, 2.75) is 13.5 Å². The van der Waals surface area contributed by atoms with Crippen molar-refractivity contribution in [3.8, 4) is 0 Å². The Morgan fingerprint density at radius 3 is 2.58 bits per heavy atom. The standard InChI is InChI=1S/C21H16ClNO/c1-14-12-23(20-11-18(21(22)24)8-9-19(14)20)13-15-6-7-16-4-2-3-5-17(16)10-15/h2-12H,13H2,1H3. The number of carbonyl (C=O) groups is 1. The molecule has 0 aliphatic heterocycles. The van der Waals surface area contributed by atoms with Crippen LogP contribution in [0.1, 0.15) is 21.5 Å². The van der Waals surface area contributed by atoms with Gasteiger partial charge in [0.2, 0.25) is 0 Å². The highest BCUT2D eigenvalue weighted by Gasteiger charge is 2.10. The van der Waals surface area contributed by atoms with E-state index in [-0.39, 0.29) is 0 Å². The fourth-order valence-corrected chi connectivity index (χ4v) is 3.38. The lowest BCUT2D eigenvalue weighted by atomic mass is 10.1. The van der Waals surface area contributed by atoms with Gasteiger partial charge in [-0.2, -0.15) is 0 Å². The average molecular weight is 334 g/mol. The third kappa shape index (κ3) is 2.59. The zero-order valence-corrected chi connectivity index (χ0v) is 14.0. The van der Waals surface area contributed by atoms with Crippen LogP contribution in [0.15, 0.2) is 66.9 Å². The largest absolute Gasteiger partial charge is 0.343 e. The molecule has 1 aromatic heterocycles. The molecule has 0 radical (unpaired) electrons. The number of aromatic nitrogens is 1. The summed E-state index contributed by atoms with van der Waals surface area (Å²) in [6.07, 6.45) is 2.13. The summed E-state index contributed by atoms with van der Waals surface area (Å²) in [5.74, 6) is 0. The number of benzene rings is 3. The molecule has 0 fully saturated rings. The van der Waals surface area contributed by atoms with Crippen LogP contribution in [0.4, 0.5) is 0 Å². The smallest absolute Gasteiger partial charge is 0.252 e. The van der Waals surface area contributed by atoms with E-state index in [2.05, 4.69) is 60.2 Å². The zero-order chi connectivity index (χ0) is 16.7. The summed E-state index contributed by atoms with van der Waals surface area (Å²) in [4.78, 5) is 11.5. The number of hydrogen-bond acceptors (Lipinski definition) is 1. The van der Waals surface area contributed by atoms with Crippen LogP contribution in [0.5, 0.6) is 0 Å². The van der Waals surface area contributed by atoms with Gasteiger partial charge in [-0.3, -0.25) is 4.79 Å². The first kappa shape index (κ1) is 15.0. The first-order chi connectivity index (χ1) is 11.6. The van der Waals surface area contributed by atoms with Crippen molar-refractivity contribution in [2.24, 2.45) is 0 Å². The Labute approximate surface area is 145 Å². The maximum atomic E-state index is 11.5. The molecular formula is C21H16ClNO. The second-order valence-corrected chi connectivity index (χ2v) is 6.47. The van der Waals surface area contributed by atoms with Gasteiger partial charge in [0.05, 0.1) is 0 Å². The minimum Gasteiger partial charge on any atom is -0.343 e. The minimum absolute atomic E-state index is 0.423. The van der Waals surface area contributed by atoms with Crippen molar-refractivity contribution >= 4 is 38.5 Å². The van der Waals surface area contributed by atoms with E-state index in [0.29, 0.717) is 5.56 Å². The van der Waals surface area contributed by atoms with Gasteiger partial charge in [-0.1, -0.05) is 42.5 Å². The molecule has 0 atom stereocenters. The van der Waals surface area contributed by atoms with Crippen LogP contribution in [0.3, 0.4) is 0 Å². The van der Waals surface area contributed by atoms with Crippen LogP contribution in [0.25, 0.3) is 21.7 Å². The van der Waals surface area contributed by atoms with E-state index < -0.39 is 5.24 Å². The monoisotopic (exact) mass is 333 g/mol. The van der Waals surface area contributed by atoms with E-state index in [1.54, 1.807) is 6.07 Å². The second kappa shape index (κ2) is 5.81. The van der Waals surface area contributed by atoms with Gasteiger partial charge in [0, 0.05) is 29.2 Å².